The average molecular weight is 185 g/mol. The molecule has 0 spiro atoms. The normalized spacial score (nSPS) is 25.7. The molecule has 0 radical (unpaired) electrons. The van der Waals surface area contributed by atoms with Crippen LogP contribution in [-0.2, 0) is 0 Å². The molecule has 2 amide bonds. The molecule has 2 atom stereocenters. The lowest BCUT2D eigenvalue weighted by Crippen LogP contribution is -2.48. The topological polar surface area (TPSA) is 72.3 Å². The molecule has 0 aliphatic carbocycles. The van der Waals surface area contributed by atoms with Crippen LogP contribution in [0.1, 0.15) is 32.6 Å². The van der Waals surface area contributed by atoms with Gasteiger partial charge in [0.2, 0.25) is 0 Å². The zero-order valence-electron chi connectivity index (χ0n) is 8.20. The molecule has 1 fully saturated rings. The van der Waals surface area contributed by atoms with E-state index in [0.29, 0.717) is 0 Å². The van der Waals surface area contributed by atoms with Gasteiger partial charge in [-0.3, -0.25) is 0 Å². The Morgan fingerprint density at radius 3 is 2.85 bits per heavy atom. The first-order chi connectivity index (χ1) is 6.11. The SMILES string of the molecule is CC(N)CC1CCCCN1C(N)=O. The molecule has 1 aliphatic heterocycles. The Morgan fingerprint density at radius 1 is 1.62 bits per heavy atom. The van der Waals surface area contributed by atoms with Crippen molar-refractivity contribution < 1.29 is 4.79 Å². The number of likely N-dealkylation sites (tertiary alicyclic amines) is 1. The van der Waals surface area contributed by atoms with Gasteiger partial charge in [0.05, 0.1) is 0 Å². The summed E-state index contributed by atoms with van der Waals surface area (Å²) < 4.78 is 0. The molecule has 1 heterocycles. The van der Waals surface area contributed by atoms with Crippen LogP contribution in [0.4, 0.5) is 4.79 Å². The highest BCUT2D eigenvalue weighted by molar-refractivity contribution is 5.72. The van der Waals surface area contributed by atoms with E-state index in [4.69, 9.17) is 11.5 Å². The summed E-state index contributed by atoms with van der Waals surface area (Å²) in [7, 11) is 0. The summed E-state index contributed by atoms with van der Waals surface area (Å²) in [6.45, 7) is 2.76. The van der Waals surface area contributed by atoms with Gasteiger partial charge < -0.3 is 16.4 Å². The quantitative estimate of drug-likeness (QED) is 0.663. The Balaban J connectivity index is 2.51. The number of hydrogen-bond acceptors (Lipinski definition) is 2. The highest BCUT2D eigenvalue weighted by atomic mass is 16.2. The molecule has 0 bridgehead atoms. The summed E-state index contributed by atoms with van der Waals surface area (Å²) >= 11 is 0. The van der Waals surface area contributed by atoms with Crippen LogP contribution in [-0.4, -0.2) is 29.6 Å². The van der Waals surface area contributed by atoms with E-state index in [9.17, 15) is 4.79 Å². The maximum Gasteiger partial charge on any atom is 0.315 e. The van der Waals surface area contributed by atoms with Gasteiger partial charge in [0.25, 0.3) is 0 Å². The molecular weight excluding hydrogens is 166 g/mol. The van der Waals surface area contributed by atoms with Crippen molar-refractivity contribution >= 4 is 6.03 Å². The molecule has 76 valence electrons. The van der Waals surface area contributed by atoms with Crippen LogP contribution in [0.5, 0.6) is 0 Å². The van der Waals surface area contributed by atoms with Crippen molar-refractivity contribution in [2.24, 2.45) is 11.5 Å². The molecule has 13 heavy (non-hydrogen) atoms. The van der Waals surface area contributed by atoms with Crippen molar-refractivity contribution in [1.29, 1.82) is 0 Å². The fourth-order valence-corrected chi connectivity index (χ4v) is 1.96. The number of nitrogens with two attached hydrogens (primary N) is 2. The van der Waals surface area contributed by atoms with Crippen molar-refractivity contribution in [2.75, 3.05) is 6.54 Å². The van der Waals surface area contributed by atoms with Gasteiger partial charge in [-0.25, -0.2) is 4.79 Å². The fraction of sp³-hybridized carbons (Fsp3) is 0.889. The molecule has 0 aromatic heterocycles. The van der Waals surface area contributed by atoms with Crippen LogP contribution in [0.25, 0.3) is 0 Å². The van der Waals surface area contributed by atoms with E-state index in [-0.39, 0.29) is 18.1 Å². The van der Waals surface area contributed by atoms with Crippen LogP contribution in [0.15, 0.2) is 0 Å². The number of primary amides is 1. The zero-order chi connectivity index (χ0) is 9.84. The second kappa shape index (κ2) is 4.46. The number of piperidine rings is 1. The Labute approximate surface area is 79.3 Å². The van der Waals surface area contributed by atoms with Gasteiger partial charge in [-0.1, -0.05) is 0 Å². The second-order valence-electron chi connectivity index (χ2n) is 3.89. The average Bonchev–Trinajstić information content (AvgIpc) is 2.03. The lowest BCUT2D eigenvalue weighted by Gasteiger charge is -2.35. The van der Waals surface area contributed by atoms with Crippen LogP contribution >= 0.6 is 0 Å². The van der Waals surface area contributed by atoms with E-state index in [0.717, 1.165) is 25.8 Å². The second-order valence-corrected chi connectivity index (χ2v) is 3.89. The van der Waals surface area contributed by atoms with Gasteiger partial charge in [0.15, 0.2) is 0 Å². The number of nitrogens with zero attached hydrogens (tertiary/aromatic N) is 1. The molecule has 1 saturated heterocycles. The first-order valence-electron chi connectivity index (χ1n) is 4.93. The molecule has 4 nitrogen and oxygen atoms in total. The molecule has 1 rings (SSSR count). The highest BCUT2D eigenvalue weighted by Crippen LogP contribution is 2.19. The minimum absolute atomic E-state index is 0.143. The fourth-order valence-electron chi connectivity index (χ4n) is 1.96. The van der Waals surface area contributed by atoms with Gasteiger partial charge in [0.1, 0.15) is 0 Å². The van der Waals surface area contributed by atoms with Crippen molar-refractivity contribution in [3.8, 4) is 0 Å². The number of hydrogen-bond donors (Lipinski definition) is 2. The van der Waals surface area contributed by atoms with E-state index in [2.05, 4.69) is 0 Å². The third kappa shape index (κ3) is 2.88. The van der Waals surface area contributed by atoms with Crippen LogP contribution in [0.2, 0.25) is 0 Å². The van der Waals surface area contributed by atoms with Crippen LogP contribution in [0.3, 0.4) is 0 Å². The Morgan fingerprint density at radius 2 is 2.31 bits per heavy atom. The molecule has 4 N–H and O–H groups in total. The maximum atomic E-state index is 11.1. The first-order valence-corrected chi connectivity index (χ1v) is 4.93. The summed E-state index contributed by atoms with van der Waals surface area (Å²) in [6, 6.07) is 0.113. The molecular formula is C9H19N3O. The number of carbonyl (C=O) groups excluding carboxylic acids is 1. The van der Waals surface area contributed by atoms with E-state index in [1.165, 1.54) is 6.42 Å². The monoisotopic (exact) mass is 185 g/mol. The summed E-state index contributed by atoms with van der Waals surface area (Å²) in [6.07, 6.45) is 4.16. The minimum atomic E-state index is -0.301. The predicted molar refractivity (Wildman–Crippen MR) is 52.2 cm³/mol. The molecule has 0 aromatic rings. The van der Waals surface area contributed by atoms with Crippen LogP contribution in [0, 0.1) is 0 Å². The van der Waals surface area contributed by atoms with E-state index < -0.39 is 0 Å². The maximum absolute atomic E-state index is 11.1. The summed E-state index contributed by atoms with van der Waals surface area (Å²) in [5.41, 5.74) is 11.0. The number of carbonyl (C=O) groups is 1. The minimum Gasteiger partial charge on any atom is -0.351 e. The zero-order valence-corrected chi connectivity index (χ0v) is 8.20. The Hall–Kier alpha value is -0.770. The van der Waals surface area contributed by atoms with Gasteiger partial charge >= 0.3 is 6.03 Å². The molecule has 4 heteroatoms. The summed E-state index contributed by atoms with van der Waals surface area (Å²) in [4.78, 5) is 12.8. The number of urea groups is 1. The van der Waals surface area contributed by atoms with Gasteiger partial charge in [-0.05, 0) is 32.6 Å². The predicted octanol–water partition coefficient (Wildman–Crippen LogP) is 0.657. The molecule has 0 aromatic carbocycles. The number of rotatable bonds is 2. The molecule has 1 aliphatic rings. The number of amides is 2. The van der Waals surface area contributed by atoms with Crippen molar-refractivity contribution in [3.05, 3.63) is 0 Å². The van der Waals surface area contributed by atoms with Gasteiger partial charge in [-0.2, -0.15) is 0 Å². The van der Waals surface area contributed by atoms with Gasteiger partial charge in [0, 0.05) is 18.6 Å². The van der Waals surface area contributed by atoms with Crippen molar-refractivity contribution in [3.63, 3.8) is 0 Å². The van der Waals surface area contributed by atoms with E-state index in [1.54, 1.807) is 4.90 Å². The molecule has 0 saturated carbocycles. The molecule has 2 unspecified atom stereocenters. The first kappa shape index (κ1) is 10.3. The smallest absolute Gasteiger partial charge is 0.315 e. The third-order valence-corrected chi connectivity index (χ3v) is 2.55. The standard InChI is InChI=1S/C9H19N3O/c1-7(10)6-8-4-2-3-5-12(8)9(11)13/h7-8H,2-6,10H2,1H3,(H2,11,13). The summed E-state index contributed by atoms with van der Waals surface area (Å²) in [5, 5.41) is 0. The summed E-state index contributed by atoms with van der Waals surface area (Å²) in [5.74, 6) is 0. The van der Waals surface area contributed by atoms with E-state index >= 15 is 0 Å². The van der Waals surface area contributed by atoms with Crippen molar-refractivity contribution in [2.45, 2.75) is 44.7 Å². The van der Waals surface area contributed by atoms with Gasteiger partial charge in [-0.15, -0.1) is 0 Å². The largest absolute Gasteiger partial charge is 0.351 e. The Kier molecular flexibility index (Phi) is 3.54. The highest BCUT2D eigenvalue weighted by Gasteiger charge is 2.25. The third-order valence-electron chi connectivity index (χ3n) is 2.55. The lowest BCUT2D eigenvalue weighted by atomic mass is 9.97. The Bertz CT molecular complexity index is 182. The van der Waals surface area contributed by atoms with Crippen LogP contribution < -0.4 is 11.5 Å². The van der Waals surface area contributed by atoms with E-state index in [1.807, 2.05) is 6.92 Å². The lowest BCUT2D eigenvalue weighted by molar-refractivity contribution is 0.151. The van der Waals surface area contributed by atoms with Crippen molar-refractivity contribution in [1.82, 2.24) is 4.90 Å².